The molecular formula is C34H28Cl2N4O4. The lowest BCUT2D eigenvalue weighted by atomic mass is 9.97. The molecule has 2 aromatic heterocycles. The first-order valence-corrected chi connectivity index (χ1v) is 14.7. The number of rotatable bonds is 4. The van der Waals surface area contributed by atoms with Crippen LogP contribution >= 0.6 is 23.2 Å². The molecule has 0 atom stereocenters. The van der Waals surface area contributed by atoms with Gasteiger partial charge in [-0.15, -0.1) is 0 Å². The molecule has 10 heteroatoms. The van der Waals surface area contributed by atoms with Crippen molar-refractivity contribution in [2.45, 2.75) is 13.8 Å². The standard InChI is InChI=1S/C34H28Cl2N4O4/c1-15-7-25-17(12-29(15)43-5)21(31(35)37-25)10-23-19-9-20-24(34(42)40(4)28(20)14-27(19)39(3)33(23)41)11-22-18-13-30(44-6)16(2)8-26(18)38-32(22)36/h7-14,37-38H,1-6H3/b23-10+,24-11+. The molecule has 0 unspecified atom stereocenters. The van der Waals surface area contributed by atoms with E-state index in [1.807, 2.05) is 62.4 Å². The van der Waals surface area contributed by atoms with E-state index in [9.17, 15) is 9.59 Å². The molecule has 2 aliphatic rings. The molecular weight excluding hydrogens is 599 g/mol. The van der Waals surface area contributed by atoms with Crippen molar-refractivity contribution in [1.29, 1.82) is 0 Å². The largest absolute Gasteiger partial charge is 0.496 e. The van der Waals surface area contributed by atoms with Crippen LogP contribution in [0.15, 0.2) is 36.4 Å². The Morgan fingerprint density at radius 1 is 0.659 bits per heavy atom. The Labute approximate surface area is 263 Å². The summed E-state index contributed by atoms with van der Waals surface area (Å²) >= 11 is 13.4. The van der Waals surface area contributed by atoms with E-state index in [1.165, 1.54) is 0 Å². The number of anilines is 2. The summed E-state index contributed by atoms with van der Waals surface area (Å²) in [5.41, 5.74) is 8.74. The molecule has 44 heavy (non-hydrogen) atoms. The minimum atomic E-state index is -0.171. The Bertz CT molecular complexity index is 2020. The van der Waals surface area contributed by atoms with E-state index in [-0.39, 0.29) is 11.8 Å². The topological polar surface area (TPSA) is 90.7 Å². The van der Waals surface area contributed by atoms with Gasteiger partial charge in [0, 0.05) is 69.3 Å². The molecule has 0 fully saturated rings. The van der Waals surface area contributed by atoms with Gasteiger partial charge in [-0.05, 0) is 73.5 Å². The van der Waals surface area contributed by atoms with Crippen LogP contribution in [0.2, 0.25) is 10.3 Å². The number of nitrogens with zero attached hydrogens (tertiary/aromatic N) is 2. The monoisotopic (exact) mass is 626 g/mol. The highest BCUT2D eigenvalue weighted by Crippen LogP contribution is 2.48. The number of amides is 2. The normalized spacial score (nSPS) is 16.3. The smallest absolute Gasteiger partial charge is 0.258 e. The van der Waals surface area contributed by atoms with Gasteiger partial charge in [0.05, 0.1) is 25.6 Å². The summed E-state index contributed by atoms with van der Waals surface area (Å²) in [6, 6.07) is 11.6. The lowest BCUT2D eigenvalue weighted by Crippen LogP contribution is -2.22. The van der Waals surface area contributed by atoms with E-state index < -0.39 is 0 Å². The minimum absolute atomic E-state index is 0.171. The third-order valence-electron chi connectivity index (χ3n) is 8.68. The second-order valence-corrected chi connectivity index (χ2v) is 11.9. The van der Waals surface area contributed by atoms with Crippen molar-refractivity contribution < 1.29 is 19.1 Å². The van der Waals surface area contributed by atoms with Crippen LogP contribution in [0.3, 0.4) is 0 Å². The van der Waals surface area contributed by atoms with Crippen LogP contribution in [0, 0.1) is 13.8 Å². The highest BCUT2D eigenvalue weighted by atomic mass is 35.5. The molecule has 4 heterocycles. The van der Waals surface area contributed by atoms with Gasteiger partial charge >= 0.3 is 0 Å². The number of hydrogen-bond donors (Lipinski definition) is 2. The van der Waals surface area contributed by atoms with Gasteiger partial charge in [-0.2, -0.15) is 0 Å². The molecule has 0 aliphatic carbocycles. The average molecular weight is 628 g/mol. The number of likely N-dealkylation sites (N-methyl/N-ethyl adjacent to an activating group) is 2. The Kier molecular flexibility index (Phi) is 6.35. The van der Waals surface area contributed by atoms with Crippen LogP contribution < -0.4 is 19.3 Å². The third-order valence-corrected chi connectivity index (χ3v) is 9.27. The molecule has 0 saturated heterocycles. The number of methoxy groups -OCH3 is 2. The van der Waals surface area contributed by atoms with E-state index in [4.69, 9.17) is 32.7 Å². The fourth-order valence-corrected chi connectivity index (χ4v) is 6.82. The predicted octanol–water partition coefficient (Wildman–Crippen LogP) is 7.62. The molecule has 0 radical (unpaired) electrons. The summed E-state index contributed by atoms with van der Waals surface area (Å²) in [5, 5.41) is 2.51. The molecule has 7 rings (SSSR count). The fraction of sp³-hybridized carbons (Fsp3) is 0.176. The van der Waals surface area contributed by atoms with Gasteiger partial charge in [0.25, 0.3) is 11.8 Å². The number of fused-ring (bicyclic) bond motifs is 4. The number of aryl methyl sites for hydroxylation is 2. The summed E-state index contributed by atoms with van der Waals surface area (Å²) in [4.78, 5) is 36.9. The van der Waals surface area contributed by atoms with Gasteiger partial charge in [0.1, 0.15) is 21.8 Å². The van der Waals surface area contributed by atoms with Gasteiger partial charge < -0.3 is 29.2 Å². The molecule has 5 aromatic rings. The van der Waals surface area contributed by atoms with Gasteiger partial charge in [0.2, 0.25) is 0 Å². The van der Waals surface area contributed by atoms with Crippen molar-refractivity contribution in [1.82, 2.24) is 9.97 Å². The zero-order chi connectivity index (χ0) is 31.2. The fourth-order valence-electron chi connectivity index (χ4n) is 6.30. The summed E-state index contributed by atoms with van der Waals surface area (Å²) in [5.74, 6) is 1.10. The van der Waals surface area contributed by atoms with Crippen molar-refractivity contribution in [2.24, 2.45) is 0 Å². The highest BCUT2D eigenvalue weighted by molar-refractivity contribution is 6.41. The first kappa shape index (κ1) is 28.1. The Hall–Kier alpha value is -4.66. The van der Waals surface area contributed by atoms with Crippen LogP contribution in [0.5, 0.6) is 11.5 Å². The molecule has 2 aliphatic heterocycles. The predicted molar refractivity (Wildman–Crippen MR) is 178 cm³/mol. The Morgan fingerprint density at radius 2 is 1.07 bits per heavy atom. The lowest BCUT2D eigenvalue weighted by molar-refractivity contribution is -0.113. The first-order chi connectivity index (χ1) is 21.0. The number of hydrogen-bond acceptors (Lipinski definition) is 4. The van der Waals surface area contributed by atoms with Crippen LogP contribution in [-0.4, -0.2) is 50.1 Å². The molecule has 8 nitrogen and oxygen atoms in total. The number of carbonyl (C=O) groups is 2. The highest BCUT2D eigenvalue weighted by Gasteiger charge is 2.37. The van der Waals surface area contributed by atoms with Crippen LogP contribution in [0.1, 0.15) is 33.4 Å². The summed E-state index contributed by atoms with van der Waals surface area (Å²) in [6.07, 6.45) is 3.62. The van der Waals surface area contributed by atoms with E-state index in [0.29, 0.717) is 55.1 Å². The molecule has 0 spiro atoms. The zero-order valence-electron chi connectivity index (χ0n) is 24.9. The van der Waals surface area contributed by atoms with Crippen LogP contribution in [-0.2, 0) is 9.59 Å². The van der Waals surface area contributed by atoms with Gasteiger partial charge in [-0.3, -0.25) is 9.59 Å². The van der Waals surface area contributed by atoms with Crippen LogP contribution in [0.25, 0.3) is 45.1 Å². The average Bonchev–Trinajstić information content (AvgIpc) is 3.62. The van der Waals surface area contributed by atoms with Crippen LogP contribution in [0.4, 0.5) is 11.4 Å². The second kappa shape index (κ2) is 9.94. The number of H-pyrrole nitrogens is 2. The quantitative estimate of drug-likeness (QED) is 0.201. The first-order valence-electron chi connectivity index (χ1n) is 13.9. The van der Waals surface area contributed by atoms with E-state index in [0.717, 1.165) is 44.4 Å². The molecule has 3 aromatic carbocycles. The van der Waals surface area contributed by atoms with Crippen molar-refractivity contribution in [3.63, 3.8) is 0 Å². The number of nitrogens with one attached hydrogen (secondary N) is 2. The SMILES string of the molecule is COc1cc2c(/C=C3/C(=O)N(C)c4cc5c(cc43)/C(=C\c3c(Cl)[nH]c4cc(C)c(OC)cc34)C(=O)N5C)c(Cl)[nH]c2cc1C. The number of ether oxygens (including phenoxy) is 2. The number of aromatic amines is 2. The van der Waals surface area contributed by atoms with Crippen molar-refractivity contribution in [3.05, 3.63) is 80.1 Å². The van der Waals surface area contributed by atoms with Crippen molar-refractivity contribution >= 4 is 91.5 Å². The van der Waals surface area contributed by atoms with E-state index >= 15 is 0 Å². The number of halogens is 2. The molecule has 222 valence electrons. The zero-order valence-corrected chi connectivity index (χ0v) is 26.4. The van der Waals surface area contributed by atoms with Crippen molar-refractivity contribution in [2.75, 3.05) is 38.1 Å². The third kappa shape index (κ3) is 3.98. The molecule has 0 saturated carbocycles. The van der Waals surface area contributed by atoms with Crippen molar-refractivity contribution in [3.8, 4) is 11.5 Å². The van der Waals surface area contributed by atoms with E-state index in [2.05, 4.69) is 9.97 Å². The molecule has 2 amide bonds. The Balaban J connectivity index is 1.42. The number of benzene rings is 3. The molecule has 0 bridgehead atoms. The second-order valence-electron chi connectivity index (χ2n) is 11.2. The number of aromatic nitrogens is 2. The van der Waals surface area contributed by atoms with Gasteiger partial charge in [-0.1, -0.05) is 23.2 Å². The Morgan fingerprint density at radius 3 is 1.45 bits per heavy atom. The van der Waals surface area contributed by atoms with E-state index in [1.54, 1.807) is 38.1 Å². The summed E-state index contributed by atoms with van der Waals surface area (Å²) in [7, 11) is 6.70. The summed E-state index contributed by atoms with van der Waals surface area (Å²) in [6.45, 7) is 3.92. The number of carbonyl (C=O) groups excluding carboxylic acids is 2. The lowest BCUT2D eigenvalue weighted by Gasteiger charge is -2.14. The maximum atomic E-state index is 13.7. The molecule has 2 N–H and O–H groups in total. The van der Waals surface area contributed by atoms with Gasteiger partial charge in [-0.25, -0.2) is 0 Å². The maximum Gasteiger partial charge on any atom is 0.258 e. The van der Waals surface area contributed by atoms with Gasteiger partial charge in [0.15, 0.2) is 0 Å². The summed E-state index contributed by atoms with van der Waals surface area (Å²) < 4.78 is 11.1. The maximum absolute atomic E-state index is 13.7. The minimum Gasteiger partial charge on any atom is -0.496 e.